The Morgan fingerprint density at radius 3 is 2.36 bits per heavy atom. The maximum atomic E-state index is 13.0. The van der Waals surface area contributed by atoms with Crippen LogP contribution < -0.4 is 14.9 Å². The molecular formula is C22H20O11. The summed E-state index contributed by atoms with van der Waals surface area (Å²) >= 11 is 0. The third-order valence-electron chi connectivity index (χ3n) is 5.24. The molecule has 0 aliphatic carbocycles. The molecule has 1 aliphatic rings. The molecule has 0 unspecified atom stereocenters. The molecule has 1 saturated heterocycles. The fraction of sp³-hybridized carbons (Fsp3) is 0.273. The lowest BCUT2D eigenvalue weighted by molar-refractivity contribution is -0.271. The molecule has 33 heavy (non-hydrogen) atoms. The molecule has 174 valence electrons. The maximum Gasteiger partial charge on any atom is 0.335 e. The molecule has 2 heterocycles. The van der Waals surface area contributed by atoms with Crippen LogP contribution in [0.3, 0.4) is 0 Å². The van der Waals surface area contributed by atoms with E-state index in [1.165, 1.54) is 19.2 Å². The third-order valence-corrected chi connectivity index (χ3v) is 5.24. The number of methoxy groups -OCH3 is 1. The fourth-order valence-electron chi connectivity index (χ4n) is 3.54. The Morgan fingerprint density at radius 1 is 1.03 bits per heavy atom. The molecule has 2 aromatic carbocycles. The van der Waals surface area contributed by atoms with E-state index in [1.807, 2.05) is 0 Å². The van der Waals surface area contributed by atoms with Gasteiger partial charge in [0.1, 0.15) is 35.0 Å². The van der Waals surface area contributed by atoms with Gasteiger partial charge in [-0.2, -0.15) is 0 Å². The van der Waals surface area contributed by atoms with Crippen molar-refractivity contribution in [3.63, 3.8) is 0 Å². The van der Waals surface area contributed by atoms with Gasteiger partial charge in [0, 0.05) is 17.7 Å². The van der Waals surface area contributed by atoms with Gasteiger partial charge < -0.3 is 44.2 Å². The van der Waals surface area contributed by atoms with E-state index in [9.17, 15) is 35.1 Å². The van der Waals surface area contributed by atoms with Gasteiger partial charge in [0.15, 0.2) is 23.0 Å². The number of hydrogen-bond donors (Lipinski definition) is 5. The summed E-state index contributed by atoms with van der Waals surface area (Å²) in [7, 11) is 1.25. The van der Waals surface area contributed by atoms with Crippen LogP contribution in [0.25, 0.3) is 22.3 Å². The standard InChI is InChI=1S/C22H20O11/c1-30-13-8-12-14(10(23)7-11(31-12)9-5-3-2-4-6-9)19(15(13)24)32-22-18(27)16(25)17(26)20(33-22)21(28)29/h2-8,16-18,20,22,24-27H,1H3,(H,28,29)/t16-,17-,18+,20-,22-/m1/s1. The van der Waals surface area contributed by atoms with E-state index >= 15 is 0 Å². The zero-order valence-electron chi connectivity index (χ0n) is 17.1. The lowest BCUT2D eigenvalue weighted by atomic mass is 9.99. The highest BCUT2D eigenvalue weighted by atomic mass is 16.7. The van der Waals surface area contributed by atoms with Gasteiger partial charge in [0.05, 0.1) is 7.11 Å². The third kappa shape index (κ3) is 3.98. The quantitative estimate of drug-likeness (QED) is 0.357. The summed E-state index contributed by atoms with van der Waals surface area (Å²) in [6, 6.07) is 11.2. The summed E-state index contributed by atoms with van der Waals surface area (Å²) in [5, 5.41) is 49.7. The van der Waals surface area contributed by atoms with Crippen LogP contribution in [0.15, 0.2) is 51.7 Å². The number of carbonyl (C=O) groups is 1. The first kappa shape index (κ1) is 22.6. The van der Waals surface area contributed by atoms with Gasteiger partial charge in [0.2, 0.25) is 12.0 Å². The zero-order chi connectivity index (χ0) is 23.9. The van der Waals surface area contributed by atoms with Gasteiger partial charge in [0.25, 0.3) is 0 Å². The summed E-state index contributed by atoms with van der Waals surface area (Å²) < 4.78 is 21.5. The molecule has 11 nitrogen and oxygen atoms in total. The van der Waals surface area contributed by atoms with Crippen LogP contribution in [-0.4, -0.2) is 69.3 Å². The summed E-state index contributed by atoms with van der Waals surface area (Å²) in [5.74, 6) is -2.70. The van der Waals surface area contributed by atoms with Crippen molar-refractivity contribution in [2.24, 2.45) is 0 Å². The molecule has 5 N–H and O–H groups in total. The maximum absolute atomic E-state index is 13.0. The lowest BCUT2D eigenvalue weighted by Crippen LogP contribution is -2.61. The predicted octanol–water partition coefficient (Wildman–Crippen LogP) is 0.445. The largest absolute Gasteiger partial charge is 0.502 e. The first-order valence-corrected chi connectivity index (χ1v) is 9.75. The van der Waals surface area contributed by atoms with Gasteiger partial charge in [-0.15, -0.1) is 0 Å². The first-order valence-electron chi connectivity index (χ1n) is 9.75. The number of fused-ring (bicyclic) bond motifs is 1. The van der Waals surface area contributed by atoms with Crippen molar-refractivity contribution >= 4 is 16.9 Å². The second-order valence-electron chi connectivity index (χ2n) is 7.32. The van der Waals surface area contributed by atoms with Crippen molar-refractivity contribution in [2.75, 3.05) is 7.11 Å². The molecule has 0 spiro atoms. The molecule has 0 saturated carbocycles. The minimum atomic E-state index is -1.94. The molecule has 1 fully saturated rings. The smallest absolute Gasteiger partial charge is 0.335 e. The second kappa shape index (κ2) is 8.71. The summed E-state index contributed by atoms with van der Waals surface area (Å²) in [5.41, 5.74) is -0.0474. The number of aliphatic hydroxyl groups is 3. The summed E-state index contributed by atoms with van der Waals surface area (Å²) in [6.07, 6.45) is -9.59. The normalized spacial score (nSPS) is 25.0. The number of carboxylic acids is 1. The SMILES string of the molecule is COc1cc2oc(-c3ccccc3)cc(=O)c2c(O[C@@H]2O[C@@H](C(=O)O)[C@H](O)[C@@H](O)[C@@H]2O)c1O. The van der Waals surface area contributed by atoms with Crippen LogP contribution in [0.4, 0.5) is 0 Å². The van der Waals surface area contributed by atoms with Gasteiger partial charge in [-0.05, 0) is 0 Å². The number of carboxylic acid groups (broad SMARTS) is 1. The molecule has 0 amide bonds. The monoisotopic (exact) mass is 460 g/mol. The average molecular weight is 460 g/mol. The van der Waals surface area contributed by atoms with E-state index in [0.29, 0.717) is 5.56 Å². The molecule has 1 aliphatic heterocycles. The number of rotatable bonds is 5. The van der Waals surface area contributed by atoms with Crippen molar-refractivity contribution in [2.45, 2.75) is 30.7 Å². The lowest BCUT2D eigenvalue weighted by Gasteiger charge is -2.38. The topological polar surface area (TPSA) is 176 Å². The van der Waals surface area contributed by atoms with Crippen LogP contribution in [-0.2, 0) is 9.53 Å². The minimum Gasteiger partial charge on any atom is -0.502 e. The van der Waals surface area contributed by atoms with E-state index in [0.717, 1.165) is 0 Å². The Balaban J connectivity index is 1.84. The molecular weight excluding hydrogens is 440 g/mol. The molecule has 0 bridgehead atoms. The van der Waals surface area contributed by atoms with Crippen LogP contribution in [0.5, 0.6) is 17.2 Å². The number of benzene rings is 2. The van der Waals surface area contributed by atoms with Crippen molar-refractivity contribution in [1.29, 1.82) is 0 Å². The van der Waals surface area contributed by atoms with E-state index in [1.54, 1.807) is 30.3 Å². The van der Waals surface area contributed by atoms with Crippen molar-refractivity contribution in [3.05, 3.63) is 52.7 Å². The Kier molecular flexibility index (Phi) is 5.95. The Morgan fingerprint density at radius 2 is 1.73 bits per heavy atom. The Bertz CT molecular complexity index is 1240. The van der Waals surface area contributed by atoms with Crippen molar-refractivity contribution in [3.8, 4) is 28.6 Å². The van der Waals surface area contributed by atoms with E-state index in [-0.39, 0.29) is 22.5 Å². The van der Waals surface area contributed by atoms with Crippen LogP contribution in [0, 0.1) is 0 Å². The van der Waals surface area contributed by atoms with Crippen molar-refractivity contribution < 1.29 is 49.0 Å². The summed E-state index contributed by atoms with van der Waals surface area (Å²) in [6.45, 7) is 0. The molecule has 0 radical (unpaired) electrons. The number of aliphatic hydroxyl groups excluding tert-OH is 3. The van der Waals surface area contributed by atoms with Gasteiger partial charge >= 0.3 is 5.97 Å². The number of phenols is 1. The number of phenolic OH excluding ortho intramolecular Hbond substituents is 1. The number of aliphatic carboxylic acids is 1. The number of hydrogen-bond acceptors (Lipinski definition) is 10. The number of aromatic hydroxyl groups is 1. The molecule has 5 atom stereocenters. The van der Waals surface area contributed by atoms with Crippen LogP contribution in [0.1, 0.15) is 0 Å². The van der Waals surface area contributed by atoms with Crippen molar-refractivity contribution in [1.82, 2.24) is 0 Å². The van der Waals surface area contributed by atoms with E-state index in [2.05, 4.69) is 0 Å². The predicted molar refractivity (Wildman–Crippen MR) is 111 cm³/mol. The highest BCUT2D eigenvalue weighted by molar-refractivity contribution is 5.90. The Hall–Kier alpha value is -3.64. The van der Waals surface area contributed by atoms with Crippen LogP contribution >= 0.6 is 0 Å². The Labute approximate surface area is 185 Å². The van der Waals surface area contributed by atoms with Crippen LogP contribution in [0.2, 0.25) is 0 Å². The molecule has 11 heteroatoms. The first-order chi connectivity index (χ1) is 15.7. The minimum absolute atomic E-state index is 0.0355. The van der Waals surface area contributed by atoms with Gasteiger partial charge in [-0.3, -0.25) is 4.79 Å². The average Bonchev–Trinajstić information content (AvgIpc) is 2.80. The molecule has 4 rings (SSSR count). The van der Waals surface area contributed by atoms with Gasteiger partial charge in [-0.25, -0.2) is 4.79 Å². The number of ether oxygens (including phenoxy) is 3. The van der Waals surface area contributed by atoms with Gasteiger partial charge in [-0.1, -0.05) is 30.3 Å². The summed E-state index contributed by atoms with van der Waals surface area (Å²) in [4.78, 5) is 24.3. The molecule has 3 aromatic rings. The zero-order valence-corrected chi connectivity index (χ0v) is 17.1. The second-order valence-corrected chi connectivity index (χ2v) is 7.32. The van der Waals surface area contributed by atoms with E-state index in [4.69, 9.17) is 18.6 Å². The highest BCUT2D eigenvalue weighted by Gasteiger charge is 2.48. The fourth-order valence-corrected chi connectivity index (χ4v) is 3.54. The molecule has 1 aromatic heterocycles. The van der Waals surface area contributed by atoms with E-state index < -0.39 is 53.6 Å². The highest BCUT2D eigenvalue weighted by Crippen LogP contribution is 2.43.